The Balaban J connectivity index is 0. The number of nitrogens with one attached hydrogen (secondary N) is 3. The van der Waals surface area contributed by atoms with Gasteiger partial charge in [0.15, 0.2) is 0 Å². The highest BCUT2D eigenvalue weighted by atomic mass is 15.0. The first-order valence-electron chi connectivity index (χ1n) is 4.47. The molecule has 0 atom stereocenters. The third kappa shape index (κ3) is 24.7. The van der Waals surface area contributed by atoms with Crippen molar-refractivity contribution in [3.05, 3.63) is 0 Å². The number of hydrogen-bond acceptors (Lipinski definition) is 5. The number of nitrogens with zero attached hydrogens (tertiary/aromatic N) is 1. The standard InChI is InChI=1S/C7H19N3.H2N3/c8-4-1-2-6-10-7-3-5-9;1-3-2/h10H,1-9H2;1-2H/q;+1. The lowest BCUT2D eigenvalue weighted by Crippen LogP contribution is -2.19. The van der Waals surface area contributed by atoms with E-state index in [4.69, 9.17) is 22.5 Å². The molecule has 0 aromatic heterocycles. The van der Waals surface area contributed by atoms with E-state index in [9.17, 15) is 0 Å². The van der Waals surface area contributed by atoms with Crippen LogP contribution >= 0.6 is 0 Å². The molecule has 0 bridgehead atoms. The lowest BCUT2D eigenvalue weighted by molar-refractivity contribution is 0.611. The van der Waals surface area contributed by atoms with E-state index in [0.29, 0.717) is 0 Å². The second-order valence-electron chi connectivity index (χ2n) is 2.50. The van der Waals surface area contributed by atoms with Crippen LogP contribution in [0.4, 0.5) is 0 Å². The van der Waals surface area contributed by atoms with Crippen LogP contribution in [0.25, 0.3) is 0 Å². The molecular weight excluding hydrogens is 168 g/mol. The molecule has 0 amide bonds. The molecule has 0 aliphatic rings. The monoisotopic (exact) mass is 189 g/mol. The molecule has 6 nitrogen and oxygen atoms in total. The maximum atomic E-state index is 5.50. The van der Waals surface area contributed by atoms with Gasteiger partial charge >= 0.3 is 0 Å². The molecule has 0 rings (SSSR count). The Bertz CT molecular complexity index is 102. The number of nitrogens with two attached hydrogens (primary N) is 2. The minimum atomic E-state index is 0.782. The second-order valence-corrected chi connectivity index (χ2v) is 2.50. The maximum absolute atomic E-state index is 5.50. The largest absolute Gasteiger partial charge is 0.330 e. The van der Waals surface area contributed by atoms with Crippen LogP contribution in [0.1, 0.15) is 19.3 Å². The van der Waals surface area contributed by atoms with E-state index in [0.717, 1.165) is 39.0 Å². The highest BCUT2D eigenvalue weighted by Crippen LogP contribution is 1.81. The van der Waals surface area contributed by atoms with E-state index in [-0.39, 0.29) is 0 Å². The summed E-state index contributed by atoms with van der Waals surface area (Å²) in [4.78, 5) is 2.00. The predicted molar refractivity (Wildman–Crippen MR) is 52.4 cm³/mol. The van der Waals surface area contributed by atoms with Crippen LogP contribution < -0.4 is 21.7 Å². The third-order valence-electron chi connectivity index (χ3n) is 1.37. The fourth-order valence-corrected chi connectivity index (χ4v) is 0.746. The van der Waals surface area contributed by atoms with E-state index in [2.05, 4.69) is 5.32 Å². The van der Waals surface area contributed by atoms with Gasteiger partial charge in [0.2, 0.25) is 4.91 Å². The highest BCUT2D eigenvalue weighted by molar-refractivity contribution is 4.49. The number of hydrogen-bond donors (Lipinski definition) is 5. The predicted octanol–water partition coefficient (Wildman–Crippen LogP) is -0.221. The first kappa shape index (κ1) is 14.7. The summed E-state index contributed by atoms with van der Waals surface area (Å²) in [5, 5.41) is 3.29. The zero-order chi connectivity index (χ0) is 10.4. The van der Waals surface area contributed by atoms with Crippen LogP contribution in [0.2, 0.25) is 0 Å². The van der Waals surface area contributed by atoms with Crippen molar-refractivity contribution in [1.82, 2.24) is 10.2 Å². The zero-order valence-corrected chi connectivity index (χ0v) is 8.05. The van der Waals surface area contributed by atoms with Gasteiger partial charge in [-0.15, -0.1) is 0 Å². The molecule has 13 heavy (non-hydrogen) atoms. The molecule has 0 heterocycles. The molecule has 7 N–H and O–H groups in total. The smallest absolute Gasteiger partial charge is 0.211 e. The van der Waals surface area contributed by atoms with Gasteiger partial charge in [-0.25, -0.2) is 0 Å². The van der Waals surface area contributed by atoms with E-state index in [1.165, 1.54) is 6.42 Å². The first-order chi connectivity index (χ1) is 6.33. The van der Waals surface area contributed by atoms with E-state index >= 15 is 0 Å². The van der Waals surface area contributed by atoms with Crippen LogP contribution in [0, 0.1) is 11.1 Å². The van der Waals surface area contributed by atoms with Gasteiger partial charge in [-0.05, 0) is 45.4 Å². The molecule has 0 aromatic rings. The molecule has 78 valence electrons. The van der Waals surface area contributed by atoms with Gasteiger partial charge in [0.25, 0.3) is 0 Å². The molecule has 0 aromatic carbocycles. The summed E-state index contributed by atoms with van der Waals surface area (Å²) in [6, 6.07) is 0. The Labute approximate surface area is 79.1 Å². The van der Waals surface area contributed by atoms with Crippen molar-refractivity contribution in [2.75, 3.05) is 26.2 Å². The van der Waals surface area contributed by atoms with E-state index in [1.54, 1.807) is 0 Å². The van der Waals surface area contributed by atoms with E-state index in [1.807, 2.05) is 4.91 Å². The van der Waals surface area contributed by atoms with Crippen LogP contribution in [0.5, 0.6) is 0 Å². The Kier molecular flexibility index (Phi) is 19.6. The Morgan fingerprint density at radius 3 is 1.85 bits per heavy atom. The maximum Gasteiger partial charge on any atom is 0.211 e. The van der Waals surface area contributed by atoms with Gasteiger partial charge in [0.1, 0.15) is 11.1 Å². The van der Waals surface area contributed by atoms with Crippen molar-refractivity contribution >= 4 is 0 Å². The second kappa shape index (κ2) is 17.3. The zero-order valence-electron chi connectivity index (χ0n) is 8.05. The normalized spacial score (nSPS) is 8.46. The van der Waals surface area contributed by atoms with Gasteiger partial charge in [0, 0.05) is 0 Å². The molecule has 0 spiro atoms. The summed E-state index contributed by atoms with van der Waals surface area (Å²) in [5.74, 6) is 0. The Morgan fingerprint density at radius 1 is 0.923 bits per heavy atom. The van der Waals surface area contributed by atoms with Crippen molar-refractivity contribution < 1.29 is 0 Å². The molecular formula is C7H21N6+. The fraction of sp³-hybridized carbons (Fsp3) is 1.00. The summed E-state index contributed by atoms with van der Waals surface area (Å²) in [7, 11) is 0. The minimum Gasteiger partial charge on any atom is -0.330 e. The van der Waals surface area contributed by atoms with E-state index < -0.39 is 0 Å². The molecule has 0 saturated carbocycles. The number of rotatable bonds is 7. The summed E-state index contributed by atoms with van der Waals surface area (Å²) in [6.07, 6.45) is 3.37. The summed E-state index contributed by atoms with van der Waals surface area (Å²) in [5.41, 5.74) is 21.6. The van der Waals surface area contributed by atoms with Gasteiger partial charge in [-0.3, -0.25) is 0 Å². The van der Waals surface area contributed by atoms with Gasteiger partial charge in [-0.1, -0.05) is 0 Å². The van der Waals surface area contributed by atoms with Crippen LogP contribution in [-0.4, -0.2) is 26.2 Å². The SMILES string of the molecule is N=[N+]=N.NCCCCNCCCN. The molecule has 6 heteroatoms. The van der Waals surface area contributed by atoms with Crippen LogP contribution in [0.15, 0.2) is 0 Å². The molecule has 0 aliphatic carbocycles. The van der Waals surface area contributed by atoms with Crippen molar-refractivity contribution in [1.29, 1.82) is 11.1 Å². The fourth-order valence-electron chi connectivity index (χ4n) is 0.746. The van der Waals surface area contributed by atoms with Gasteiger partial charge < -0.3 is 16.8 Å². The average Bonchev–Trinajstić information content (AvgIpc) is 2.13. The van der Waals surface area contributed by atoms with Crippen molar-refractivity contribution in [2.45, 2.75) is 19.3 Å². The topological polar surface area (TPSA) is 126 Å². The van der Waals surface area contributed by atoms with Crippen molar-refractivity contribution in [3.8, 4) is 0 Å². The molecule has 0 unspecified atom stereocenters. The summed E-state index contributed by atoms with van der Waals surface area (Å²) in [6.45, 7) is 3.71. The molecule has 0 saturated heterocycles. The first-order valence-corrected chi connectivity index (χ1v) is 4.47. The number of unbranched alkanes of at least 4 members (excludes halogenated alkanes) is 1. The third-order valence-corrected chi connectivity index (χ3v) is 1.37. The summed E-state index contributed by atoms with van der Waals surface area (Å²) >= 11 is 0. The Hall–Kier alpha value is -0.810. The lowest BCUT2D eigenvalue weighted by Gasteiger charge is -2.01. The quantitative estimate of drug-likeness (QED) is 0.216. The minimum absolute atomic E-state index is 0.782. The Morgan fingerprint density at radius 2 is 1.38 bits per heavy atom. The van der Waals surface area contributed by atoms with Gasteiger partial charge in [-0.2, -0.15) is 0 Å². The highest BCUT2D eigenvalue weighted by Gasteiger charge is 1.85. The average molecular weight is 189 g/mol. The molecule has 0 radical (unpaired) electrons. The van der Waals surface area contributed by atoms with Crippen LogP contribution in [0.3, 0.4) is 0 Å². The molecule has 0 aliphatic heterocycles. The van der Waals surface area contributed by atoms with Crippen molar-refractivity contribution in [3.63, 3.8) is 0 Å². The van der Waals surface area contributed by atoms with Crippen molar-refractivity contribution in [2.24, 2.45) is 11.5 Å². The lowest BCUT2D eigenvalue weighted by atomic mass is 10.3. The van der Waals surface area contributed by atoms with Gasteiger partial charge in [0.05, 0.1) is 0 Å². The molecule has 0 fully saturated rings. The van der Waals surface area contributed by atoms with Crippen LogP contribution in [-0.2, 0) is 0 Å². The summed E-state index contributed by atoms with van der Waals surface area (Å²) < 4.78 is 0.